The monoisotopic (exact) mass is 352 g/mol. The van der Waals surface area contributed by atoms with E-state index in [2.05, 4.69) is 15.6 Å². The lowest BCUT2D eigenvalue weighted by atomic mass is 10.3. The molecular weight excluding hydrogens is 336 g/mol. The minimum atomic E-state index is -0.172. The van der Waals surface area contributed by atoms with Crippen molar-refractivity contribution < 1.29 is 9.32 Å². The van der Waals surface area contributed by atoms with E-state index in [4.69, 9.17) is 4.52 Å². The Morgan fingerprint density at radius 2 is 1.92 bits per heavy atom. The summed E-state index contributed by atoms with van der Waals surface area (Å²) in [6.07, 6.45) is 0. The van der Waals surface area contributed by atoms with Gasteiger partial charge >= 0.3 is 0 Å². The van der Waals surface area contributed by atoms with Crippen LogP contribution >= 0.6 is 11.3 Å². The lowest BCUT2D eigenvalue weighted by molar-refractivity contribution is 0.103. The number of carbonyl (C=O) groups excluding carboxylic acids is 1. The van der Waals surface area contributed by atoms with Crippen LogP contribution in [-0.2, 0) is 0 Å². The van der Waals surface area contributed by atoms with Gasteiger partial charge in [-0.1, -0.05) is 23.4 Å². The third-order valence-corrected chi connectivity index (χ3v) is 5.15. The highest BCUT2D eigenvalue weighted by Crippen LogP contribution is 2.31. The predicted octanol–water partition coefficient (Wildman–Crippen LogP) is 4.25. The number of fused-ring (bicyclic) bond motifs is 1. The Kier molecular flexibility index (Phi) is 3.65. The number of anilines is 1. The smallest absolute Gasteiger partial charge is 0.265 e. The van der Waals surface area contributed by atoms with Crippen molar-refractivity contribution in [3.63, 3.8) is 0 Å². The molecule has 3 aromatic heterocycles. The molecule has 3 heterocycles. The molecule has 0 bridgehead atoms. The number of carbonyl (C=O) groups is 1. The Morgan fingerprint density at radius 3 is 2.60 bits per heavy atom. The Bertz CT molecular complexity index is 1060. The van der Waals surface area contributed by atoms with E-state index >= 15 is 0 Å². The molecule has 0 radical (unpaired) electrons. The maximum absolute atomic E-state index is 12.6. The molecule has 4 rings (SSSR count). The van der Waals surface area contributed by atoms with E-state index in [0.29, 0.717) is 22.0 Å². The molecule has 0 fully saturated rings. The summed E-state index contributed by atoms with van der Waals surface area (Å²) in [5.74, 6) is 0.424. The highest BCUT2D eigenvalue weighted by molar-refractivity contribution is 7.20. The molecule has 1 N–H and O–H groups in total. The first kappa shape index (κ1) is 15.6. The van der Waals surface area contributed by atoms with E-state index in [1.165, 1.54) is 11.3 Å². The van der Waals surface area contributed by atoms with E-state index in [1.54, 1.807) is 13.8 Å². The zero-order valence-corrected chi connectivity index (χ0v) is 14.8. The molecule has 4 aromatic rings. The van der Waals surface area contributed by atoms with Gasteiger partial charge in [0.2, 0.25) is 0 Å². The van der Waals surface area contributed by atoms with Crippen molar-refractivity contribution in [2.24, 2.45) is 0 Å². The van der Waals surface area contributed by atoms with E-state index in [9.17, 15) is 4.79 Å². The number of rotatable bonds is 3. The summed E-state index contributed by atoms with van der Waals surface area (Å²) in [5.41, 5.74) is 3.16. The van der Waals surface area contributed by atoms with Crippen molar-refractivity contribution >= 4 is 33.1 Å². The van der Waals surface area contributed by atoms with Crippen molar-refractivity contribution in [2.45, 2.75) is 20.8 Å². The lowest BCUT2D eigenvalue weighted by Gasteiger charge is -2.02. The second-order valence-corrected chi connectivity index (χ2v) is 6.85. The summed E-state index contributed by atoms with van der Waals surface area (Å²) in [6, 6.07) is 11.8. The summed E-state index contributed by atoms with van der Waals surface area (Å²) < 4.78 is 6.97. The quantitative estimate of drug-likeness (QED) is 0.598. The Morgan fingerprint density at radius 1 is 1.16 bits per heavy atom. The van der Waals surface area contributed by atoms with Crippen LogP contribution in [0.15, 0.2) is 40.9 Å². The molecule has 6 nitrogen and oxygen atoms in total. The SMILES string of the molecule is Cc1noc(C)c1NC(=O)c1cc2c(C)nn(-c3ccccc3)c2s1. The maximum atomic E-state index is 12.6. The summed E-state index contributed by atoms with van der Waals surface area (Å²) in [5, 5.41) is 12.3. The second kappa shape index (κ2) is 5.86. The molecule has 0 spiro atoms. The number of nitrogens with zero attached hydrogens (tertiary/aromatic N) is 3. The molecule has 1 aromatic carbocycles. The van der Waals surface area contributed by atoms with Crippen LogP contribution in [-0.4, -0.2) is 20.8 Å². The molecule has 0 aliphatic carbocycles. The summed E-state index contributed by atoms with van der Waals surface area (Å²) >= 11 is 1.42. The largest absolute Gasteiger partial charge is 0.359 e. The summed E-state index contributed by atoms with van der Waals surface area (Å²) in [4.78, 5) is 14.2. The van der Waals surface area contributed by atoms with Gasteiger partial charge < -0.3 is 9.84 Å². The van der Waals surface area contributed by atoms with Gasteiger partial charge in [0.25, 0.3) is 5.91 Å². The van der Waals surface area contributed by atoms with Crippen LogP contribution in [0.5, 0.6) is 0 Å². The molecule has 126 valence electrons. The van der Waals surface area contributed by atoms with Crippen LogP contribution in [0.1, 0.15) is 26.8 Å². The van der Waals surface area contributed by atoms with Gasteiger partial charge in [-0.3, -0.25) is 4.79 Å². The van der Waals surface area contributed by atoms with Gasteiger partial charge in [0, 0.05) is 5.39 Å². The molecule has 25 heavy (non-hydrogen) atoms. The van der Waals surface area contributed by atoms with Gasteiger partial charge in [-0.15, -0.1) is 11.3 Å². The van der Waals surface area contributed by atoms with Gasteiger partial charge in [-0.05, 0) is 39.0 Å². The Hall–Kier alpha value is -2.93. The van der Waals surface area contributed by atoms with Crippen LogP contribution in [0.2, 0.25) is 0 Å². The molecule has 0 aliphatic heterocycles. The first-order valence-electron chi connectivity index (χ1n) is 7.83. The van der Waals surface area contributed by atoms with E-state index < -0.39 is 0 Å². The van der Waals surface area contributed by atoms with Gasteiger partial charge in [0.1, 0.15) is 16.2 Å². The average molecular weight is 352 g/mol. The number of para-hydroxylation sites is 1. The van der Waals surface area contributed by atoms with Crippen molar-refractivity contribution in [1.29, 1.82) is 0 Å². The zero-order valence-electron chi connectivity index (χ0n) is 14.0. The number of hydrogen-bond acceptors (Lipinski definition) is 5. The fraction of sp³-hybridized carbons (Fsp3) is 0.167. The van der Waals surface area contributed by atoms with Crippen LogP contribution < -0.4 is 5.32 Å². The van der Waals surface area contributed by atoms with E-state index in [1.807, 2.05) is 48.0 Å². The number of aromatic nitrogens is 3. The normalized spacial score (nSPS) is 11.2. The number of benzene rings is 1. The minimum absolute atomic E-state index is 0.172. The number of thiophene rings is 1. The van der Waals surface area contributed by atoms with E-state index in [0.717, 1.165) is 21.6 Å². The van der Waals surface area contributed by atoms with Gasteiger partial charge in [-0.2, -0.15) is 5.10 Å². The maximum Gasteiger partial charge on any atom is 0.265 e. The van der Waals surface area contributed by atoms with Crippen molar-refractivity contribution in [3.05, 3.63) is 58.4 Å². The molecule has 0 saturated carbocycles. The Labute approximate surface area is 148 Å². The van der Waals surface area contributed by atoms with Crippen LogP contribution in [0.25, 0.3) is 15.9 Å². The van der Waals surface area contributed by atoms with Gasteiger partial charge in [0.15, 0.2) is 5.76 Å². The molecule has 0 saturated heterocycles. The molecule has 7 heteroatoms. The standard InChI is InChI=1S/C18H16N4O2S/c1-10-14-9-15(17(23)19-16-11(2)21-24-12(16)3)25-18(14)22(20-10)13-7-5-4-6-8-13/h4-9H,1-3H3,(H,19,23). The molecule has 0 unspecified atom stereocenters. The predicted molar refractivity (Wildman–Crippen MR) is 97.6 cm³/mol. The fourth-order valence-corrected chi connectivity index (χ4v) is 3.82. The third kappa shape index (κ3) is 2.62. The van der Waals surface area contributed by atoms with Gasteiger partial charge in [0.05, 0.1) is 16.3 Å². The number of amides is 1. The molecule has 1 amide bonds. The lowest BCUT2D eigenvalue weighted by Crippen LogP contribution is -2.11. The minimum Gasteiger partial charge on any atom is -0.359 e. The topological polar surface area (TPSA) is 73.0 Å². The van der Waals surface area contributed by atoms with Crippen LogP contribution in [0, 0.1) is 20.8 Å². The van der Waals surface area contributed by atoms with E-state index in [-0.39, 0.29) is 5.91 Å². The molecule has 0 atom stereocenters. The third-order valence-electron chi connectivity index (χ3n) is 4.04. The summed E-state index contributed by atoms with van der Waals surface area (Å²) in [6.45, 7) is 5.52. The number of nitrogens with one attached hydrogen (secondary N) is 1. The second-order valence-electron chi connectivity index (χ2n) is 5.82. The first-order chi connectivity index (χ1) is 12.0. The molecule has 0 aliphatic rings. The van der Waals surface area contributed by atoms with Crippen molar-refractivity contribution in [3.8, 4) is 5.69 Å². The fourth-order valence-electron chi connectivity index (χ4n) is 2.74. The summed E-state index contributed by atoms with van der Waals surface area (Å²) in [7, 11) is 0. The van der Waals surface area contributed by atoms with Crippen LogP contribution in [0.3, 0.4) is 0 Å². The number of aryl methyl sites for hydroxylation is 3. The highest BCUT2D eigenvalue weighted by Gasteiger charge is 2.19. The highest BCUT2D eigenvalue weighted by atomic mass is 32.1. The van der Waals surface area contributed by atoms with Crippen molar-refractivity contribution in [2.75, 3.05) is 5.32 Å². The average Bonchev–Trinajstić information content (AvgIpc) is 3.27. The number of hydrogen-bond donors (Lipinski definition) is 1. The van der Waals surface area contributed by atoms with Gasteiger partial charge in [-0.25, -0.2) is 4.68 Å². The Balaban J connectivity index is 1.73. The zero-order chi connectivity index (χ0) is 17.6. The first-order valence-corrected chi connectivity index (χ1v) is 8.65. The van der Waals surface area contributed by atoms with Crippen molar-refractivity contribution in [1.82, 2.24) is 14.9 Å². The molecular formula is C18H16N4O2S. The van der Waals surface area contributed by atoms with Crippen LogP contribution in [0.4, 0.5) is 5.69 Å².